The van der Waals surface area contributed by atoms with Gasteiger partial charge < -0.3 is 16.2 Å². The Hall–Kier alpha value is -2.77. The zero-order valence-corrected chi connectivity index (χ0v) is 11.7. The van der Waals surface area contributed by atoms with Gasteiger partial charge in [-0.1, -0.05) is 24.0 Å². The van der Waals surface area contributed by atoms with E-state index in [-0.39, 0.29) is 17.2 Å². The molecule has 0 fully saturated rings. The summed E-state index contributed by atoms with van der Waals surface area (Å²) in [7, 11) is 0. The molecule has 0 saturated carbocycles. The summed E-state index contributed by atoms with van der Waals surface area (Å²) in [6, 6.07) is 12.2. The molecule has 0 saturated heterocycles. The molecule has 0 aliphatic rings. The predicted octanol–water partition coefficient (Wildman–Crippen LogP) is 2.26. The number of anilines is 1. The smallest absolute Gasteiger partial charge is 0.259 e. The average Bonchev–Trinajstić information content (AvgIpc) is 2.49. The molecular formula is C17H16N2O2. The number of phenols is 1. The van der Waals surface area contributed by atoms with Crippen molar-refractivity contribution in [2.75, 3.05) is 11.9 Å². The summed E-state index contributed by atoms with van der Waals surface area (Å²) in [5.74, 6) is 5.32. The molecule has 2 rings (SSSR count). The molecule has 0 aromatic heterocycles. The van der Waals surface area contributed by atoms with Crippen LogP contribution in [0, 0.1) is 18.8 Å². The number of amides is 1. The molecule has 0 aliphatic carbocycles. The topological polar surface area (TPSA) is 75.4 Å². The molecule has 2 aromatic rings. The van der Waals surface area contributed by atoms with Crippen molar-refractivity contribution in [3.63, 3.8) is 0 Å². The van der Waals surface area contributed by atoms with Gasteiger partial charge in [-0.05, 0) is 42.8 Å². The van der Waals surface area contributed by atoms with Crippen LogP contribution < -0.4 is 11.1 Å². The molecule has 0 heterocycles. The van der Waals surface area contributed by atoms with Gasteiger partial charge >= 0.3 is 0 Å². The van der Waals surface area contributed by atoms with Gasteiger partial charge in [-0.15, -0.1) is 0 Å². The molecule has 0 aliphatic heterocycles. The number of aromatic hydroxyl groups is 1. The molecule has 1 amide bonds. The van der Waals surface area contributed by atoms with Gasteiger partial charge in [0.05, 0.1) is 12.1 Å². The van der Waals surface area contributed by atoms with Crippen molar-refractivity contribution < 1.29 is 9.90 Å². The second-order valence-corrected chi connectivity index (χ2v) is 4.51. The number of hydrogen-bond acceptors (Lipinski definition) is 3. The molecule has 0 radical (unpaired) electrons. The third-order valence-corrected chi connectivity index (χ3v) is 2.96. The molecule has 4 nitrogen and oxygen atoms in total. The summed E-state index contributed by atoms with van der Waals surface area (Å²) in [4.78, 5) is 12.1. The number of rotatable bonds is 2. The van der Waals surface area contributed by atoms with Crippen LogP contribution in [0.4, 0.5) is 5.69 Å². The second kappa shape index (κ2) is 6.60. The number of benzene rings is 2. The van der Waals surface area contributed by atoms with Crippen LogP contribution in [-0.2, 0) is 0 Å². The van der Waals surface area contributed by atoms with Gasteiger partial charge in [-0.3, -0.25) is 4.79 Å². The van der Waals surface area contributed by atoms with E-state index in [4.69, 9.17) is 5.73 Å². The van der Waals surface area contributed by atoms with Crippen molar-refractivity contribution >= 4 is 11.6 Å². The highest BCUT2D eigenvalue weighted by atomic mass is 16.3. The van der Waals surface area contributed by atoms with Gasteiger partial charge in [0.25, 0.3) is 5.91 Å². The fourth-order valence-electron chi connectivity index (χ4n) is 1.83. The Morgan fingerprint density at radius 3 is 2.62 bits per heavy atom. The van der Waals surface area contributed by atoms with Gasteiger partial charge in [0.15, 0.2) is 0 Å². The summed E-state index contributed by atoms with van der Waals surface area (Å²) >= 11 is 0. The number of aryl methyl sites for hydroxylation is 1. The van der Waals surface area contributed by atoms with E-state index < -0.39 is 0 Å². The lowest BCUT2D eigenvalue weighted by atomic mass is 10.1. The molecule has 106 valence electrons. The van der Waals surface area contributed by atoms with Crippen molar-refractivity contribution in [3.05, 3.63) is 59.2 Å². The second-order valence-electron chi connectivity index (χ2n) is 4.51. The lowest BCUT2D eigenvalue weighted by molar-refractivity contribution is 0.102. The number of para-hydroxylation sites is 1. The Labute approximate surface area is 123 Å². The van der Waals surface area contributed by atoms with Crippen molar-refractivity contribution in [1.29, 1.82) is 0 Å². The van der Waals surface area contributed by atoms with Crippen molar-refractivity contribution in [2.45, 2.75) is 6.92 Å². The molecule has 4 heteroatoms. The van der Waals surface area contributed by atoms with E-state index >= 15 is 0 Å². The number of hydrogen-bond donors (Lipinski definition) is 3. The fraction of sp³-hybridized carbons (Fsp3) is 0.118. The first-order valence-corrected chi connectivity index (χ1v) is 6.50. The van der Waals surface area contributed by atoms with Gasteiger partial charge in [-0.25, -0.2) is 0 Å². The number of carbonyl (C=O) groups excluding carboxylic acids is 1. The normalized spacial score (nSPS) is 9.62. The van der Waals surface area contributed by atoms with Gasteiger partial charge in [0.1, 0.15) is 5.75 Å². The summed E-state index contributed by atoms with van der Waals surface area (Å²) in [5, 5.41) is 12.6. The minimum Gasteiger partial charge on any atom is -0.507 e. The SMILES string of the molecule is Cc1cccc(C(=O)Nc2ccc(C#CCN)cc2)c1O. The minimum atomic E-state index is -0.350. The molecule has 0 spiro atoms. The maximum atomic E-state index is 12.1. The molecular weight excluding hydrogens is 264 g/mol. The van der Waals surface area contributed by atoms with Crippen molar-refractivity contribution in [3.8, 4) is 17.6 Å². The Balaban J connectivity index is 2.14. The van der Waals surface area contributed by atoms with Crippen LogP contribution in [0.5, 0.6) is 5.75 Å². The first-order valence-electron chi connectivity index (χ1n) is 6.50. The molecule has 0 bridgehead atoms. The molecule has 2 aromatic carbocycles. The quantitative estimate of drug-likeness (QED) is 0.739. The van der Waals surface area contributed by atoms with Crippen molar-refractivity contribution in [1.82, 2.24) is 0 Å². The van der Waals surface area contributed by atoms with E-state index in [0.717, 1.165) is 5.56 Å². The summed E-state index contributed by atoms with van der Waals surface area (Å²) in [5.41, 5.74) is 7.69. The van der Waals surface area contributed by atoms with Gasteiger partial charge in [-0.2, -0.15) is 0 Å². The number of carbonyl (C=O) groups is 1. The Bertz CT molecular complexity index is 710. The zero-order chi connectivity index (χ0) is 15.2. The highest BCUT2D eigenvalue weighted by molar-refractivity contribution is 6.06. The highest BCUT2D eigenvalue weighted by Gasteiger charge is 2.12. The third kappa shape index (κ3) is 3.62. The van der Waals surface area contributed by atoms with Crippen LogP contribution >= 0.6 is 0 Å². The van der Waals surface area contributed by atoms with Gasteiger partial charge in [0, 0.05) is 11.3 Å². The monoisotopic (exact) mass is 280 g/mol. The Morgan fingerprint density at radius 1 is 1.24 bits per heavy atom. The number of nitrogens with two attached hydrogens (primary N) is 1. The average molecular weight is 280 g/mol. The van der Waals surface area contributed by atoms with Crippen molar-refractivity contribution in [2.24, 2.45) is 5.73 Å². The maximum absolute atomic E-state index is 12.1. The van der Waals surface area contributed by atoms with E-state index in [1.807, 2.05) is 0 Å². The zero-order valence-electron chi connectivity index (χ0n) is 11.7. The lowest BCUT2D eigenvalue weighted by Crippen LogP contribution is -2.12. The third-order valence-electron chi connectivity index (χ3n) is 2.96. The molecule has 4 N–H and O–H groups in total. The predicted molar refractivity (Wildman–Crippen MR) is 83.2 cm³/mol. The Morgan fingerprint density at radius 2 is 1.95 bits per heavy atom. The van der Waals surface area contributed by atoms with Crippen LogP contribution in [0.3, 0.4) is 0 Å². The van der Waals surface area contributed by atoms with Crippen LogP contribution in [0.2, 0.25) is 0 Å². The van der Waals surface area contributed by atoms with E-state index in [1.54, 1.807) is 49.4 Å². The standard InChI is InChI=1S/C17H16N2O2/c1-12-4-2-6-15(16(12)20)17(21)19-14-9-7-13(8-10-14)5-3-11-18/h2,4,6-10,20H,11,18H2,1H3,(H,19,21). The van der Waals surface area contributed by atoms with E-state index in [1.165, 1.54) is 0 Å². The number of phenolic OH excluding ortho intramolecular Hbond substituents is 1. The lowest BCUT2D eigenvalue weighted by Gasteiger charge is -2.08. The van der Waals surface area contributed by atoms with Crippen LogP contribution in [-0.4, -0.2) is 17.6 Å². The molecule has 0 unspecified atom stereocenters. The summed E-state index contributed by atoms with van der Waals surface area (Å²) in [6.07, 6.45) is 0. The molecule has 0 atom stereocenters. The van der Waals surface area contributed by atoms with Crippen LogP contribution in [0.1, 0.15) is 21.5 Å². The largest absolute Gasteiger partial charge is 0.507 e. The van der Waals surface area contributed by atoms with E-state index in [0.29, 0.717) is 17.8 Å². The van der Waals surface area contributed by atoms with Gasteiger partial charge in [0.2, 0.25) is 0 Å². The maximum Gasteiger partial charge on any atom is 0.259 e. The summed E-state index contributed by atoms with van der Waals surface area (Å²) < 4.78 is 0. The Kier molecular flexibility index (Phi) is 4.60. The molecule has 21 heavy (non-hydrogen) atoms. The first kappa shape index (κ1) is 14.6. The minimum absolute atomic E-state index is 0.000401. The van der Waals surface area contributed by atoms with E-state index in [2.05, 4.69) is 17.2 Å². The summed E-state index contributed by atoms with van der Waals surface area (Å²) in [6.45, 7) is 2.06. The van der Waals surface area contributed by atoms with Crippen LogP contribution in [0.25, 0.3) is 0 Å². The van der Waals surface area contributed by atoms with E-state index in [9.17, 15) is 9.90 Å². The first-order chi connectivity index (χ1) is 10.1. The fourth-order valence-corrected chi connectivity index (χ4v) is 1.83. The highest BCUT2D eigenvalue weighted by Crippen LogP contribution is 2.22. The number of nitrogens with one attached hydrogen (secondary N) is 1. The van der Waals surface area contributed by atoms with Crippen LogP contribution in [0.15, 0.2) is 42.5 Å².